The Balaban J connectivity index is 1.34. The predicted octanol–water partition coefficient (Wildman–Crippen LogP) is 4.30. The van der Waals surface area contributed by atoms with Crippen LogP contribution in [0.25, 0.3) is 16.2 Å². The lowest BCUT2D eigenvalue weighted by Gasteiger charge is -2.36. The first kappa shape index (κ1) is 18.7. The lowest BCUT2D eigenvalue weighted by molar-refractivity contribution is 0.0740. The van der Waals surface area contributed by atoms with E-state index in [1.807, 2.05) is 22.5 Å². The topological polar surface area (TPSA) is 40.9 Å². The molecular weight excluding hydrogens is 406 g/mol. The summed E-state index contributed by atoms with van der Waals surface area (Å²) in [6.45, 7) is 2.18. The van der Waals surface area contributed by atoms with Crippen LogP contribution in [0.3, 0.4) is 0 Å². The Labute approximate surface area is 175 Å². The highest BCUT2D eigenvalue weighted by Gasteiger charge is 2.26. The van der Waals surface area contributed by atoms with Crippen molar-refractivity contribution >= 4 is 27.9 Å². The summed E-state index contributed by atoms with van der Waals surface area (Å²) in [5.41, 5.74) is 2.61. The highest BCUT2D eigenvalue weighted by Crippen LogP contribution is 2.26. The molecule has 0 aliphatic carbocycles. The molecule has 5 rings (SSSR count). The van der Waals surface area contributed by atoms with Gasteiger partial charge in [-0.15, -0.1) is 11.3 Å². The number of para-hydroxylation sites is 1. The van der Waals surface area contributed by atoms with Crippen molar-refractivity contribution in [2.45, 2.75) is 0 Å². The number of carbonyl (C=O) groups is 1. The monoisotopic (exact) mass is 424 g/mol. The molecule has 3 heterocycles. The predicted molar refractivity (Wildman–Crippen MR) is 113 cm³/mol. The maximum atomic E-state index is 14.0. The van der Waals surface area contributed by atoms with Gasteiger partial charge in [-0.05, 0) is 36.4 Å². The van der Waals surface area contributed by atoms with Crippen LogP contribution >= 0.6 is 11.3 Å². The summed E-state index contributed by atoms with van der Waals surface area (Å²) >= 11 is 1.39. The first-order valence-corrected chi connectivity index (χ1v) is 10.5. The molecule has 0 spiro atoms. The van der Waals surface area contributed by atoms with Crippen LogP contribution in [0.4, 0.5) is 14.5 Å². The number of hydrogen-bond donors (Lipinski definition) is 0. The molecule has 2 aromatic heterocycles. The van der Waals surface area contributed by atoms with E-state index in [9.17, 15) is 13.6 Å². The second kappa shape index (κ2) is 7.53. The summed E-state index contributed by atoms with van der Waals surface area (Å²) in [4.78, 5) is 22.1. The van der Waals surface area contributed by atoms with E-state index in [0.29, 0.717) is 48.2 Å². The van der Waals surface area contributed by atoms with Gasteiger partial charge >= 0.3 is 0 Å². The van der Waals surface area contributed by atoms with Crippen molar-refractivity contribution in [2.24, 2.45) is 0 Å². The molecule has 2 aromatic carbocycles. The summed E-state index contributed by atoms with van der Waals surface area (Å²) in [5.74, 6) is -0.619. The van der Waals surface area contributed by atoms with E-state index in [-0.39, 0.29) is 17.5 Å². The fraction of sp³-hybridized carbons (Fsp3) is 0.182. The number of aromatic nitrogens is 2. The number of carbonyl (C=O) groups excluding carboxylic acids is 1. The van der Waals surface area contributed by atoms with Crippen LogP contribution in [0, 0.1) is 11.6 Å². The zero-order valence-corrected chi connectivity index (χ0v) is 16.8. The number of anilines is 1. The van der Waals surface area contributed by atoms with E-state index in [1.54, 1.807) is 33.6 Å². The molecule has 0 N–H and O–H groups in total. The molecule has 0 saturated carbocycles. The summed E-state index contributed by atoms with van der Waals surface area (Å²) in [6, 6.07) is 12.8. The molecule has 1 aliphatic rings. The molecule has 0 bridgehead atoms. The molecule has 152 valence electrons. The molecule has 1 fully saturated rings. The highest BCUT2D eigenvalue weighted by atomic mass is 32.1. The van der Waals surface area contributed by atoms with Gasteiger partial charge in [-0.3, -0.25) is 9.20 Å². The highest BCUT2D eigenvalue weighted by molar-refractivity contribution is 7.15. The molecule has 1 aliphatic heterocycles. The average Bonchev–Trinajstić information content (AvgIpc) is 3.35. The van der Waals surface area contributed by atoms with Crippen LogP contribution in [0.1, 0.15) is 10.5 Å². The van der Waals surface area contributed by atoms with Crippen molar-refractivity contribution in [2.75, 3.05) is 31.1 Å². The number of amides is 1. The number of benzene rings is 2. The van der Waals surface area contributed by atoms with Gasteiger partial charge in [0.25, 0.3) is 5.91 Å². The Hall–Kier alpha value is -3.26. The number of hydrogen-bond acceptors (Lipinski definition) is 4. The Morgan fingerprint density at radius 2 is 1.70 bits per heavy atom. The number of piperazine rings is 1. The van der Waals surface area contributed by atoms with Gasteiger partial charge in [-0.2, -0.15) is 0 Å². The van der Waals surface area contributed by atoms with Crippen LogP contribution in [0.5, 0.6) is 0 Å². The fourth-order valence-corrected chi connectivity index (χ4v) is 4.57. The number of thiazole rings is 1. The van der Waals surface area contributed by atoms with Crippen molar-refractivity contribution in [1.82, 2.24) is 14.3 Å². The molecule has 0 atom stereocenters. The van der Waals surface area contributed by atoms with Gasteiger partial charge in [-0.1, -0.05) is 12.1 Å². The minimum atomic E-state index is -0.301. The molecule has 1 amide bonds. The summed E-state index contributed by atoms with van der Waals surface area (Å²) in [7, 11) is 0. The normalized spacial score (nSPS) is 14.5. The first-order valence-electron chi connectivity index (χ1n) is 9.61. The Kier molecular flexibility index (Phi) is 4.71. The second-order valence-electron chi connectivity index (χ2n) is 7.14. The summed E-state index contributed by atoms with van der Waals surface area (Å²) in [6.07, 6.45) is 1.81. The van der Waals surface area contributed by atoms with Gasteiger partial charge < -0.3 is 9.80 Å². The zero-order chi connectivity index (χ0) is 20.7. The van der Waals surface area contributed by atoms with Crippen LogP contribution in [0.2, 0.25) is 0 Å². The van der Waals surface area contributed by atoms with Crippen LogP contribution in [0.15, 0.2) is 60.1 Å². The van der Waals surface area contributed by atoms with Crippen molar-refractivity contribution < 1.29 is 13.6 Å². The largest absolute Gasteiger partial charge is 0.366 e. The van der Waals surface area contributed by atoms with E-state index in [2.05, 4.69) is 4.98 Å². The van der Waals surface area contributed by atoms with Crippen LogP contribution < -0.4 is 4.90 Å². The van der Waals surface area contributed by atoms with Crippen molar-refractivity contribution in [3.05, 3.63) is 77.4 Å². The Morgan fingerprint density at radius 1 is 0.967 bits per heavy atom. The molecule has 8 heteroatoms. The number of rotatable bonds is 3. The minimum absolute atomic E-state index is 0.0718. The van der Waals surface area contributed by atoms with Gasteiger partial charge in [0.05, 0.1) is 11.4 Å². The fourth-order valence-electron chi connectivity index (χ4n) is 3.72. The smallest absolute Gasteiger partial charge is 0.271 e. The second-order valence-corrected chi connectivity index (χ2v) is 7.97. The quantitative estimate of drug-likeness (QED) is 0.492. The molecular formula is C22H18F2N4OS. The van der Waals surface area contributed by atoms with Crippen molar-refractivity contribution in [3.8, 4) is 11.3 Å². The summed E-state index contributed by atoms with van der Waals surface area (Å²) in [5, 5.41) is 1.81. The third kappa shape index (κ3) is 3.33. The Morgan fingerprint density at radius 3 is 2.43 bits per heavy atom. The zero-order valence-electron chi connectivity index (χ0n) is 16.0. The molecule has 30 heavy (non-hydrogen) atoms. The number of halogens is 2. The maximum Gasteiger partial charge on any atom is 0.271 e. The van der Waals surface area contributed by atoms with Crippen LogP contribution in [-0.2, 0) is 0 Å². The Bertz CT molecular complexity index is 1210. The third-order valence-corrected chi connectivity index (χ3v) is 6.17. The van der Waals surface area contributed by atoms with E-state index < -0.39 is 0 Å². The standard InChI is InChI=1S/C22H18F2N4OS/c23-16-7-5-15(6-8-16)18-13-28-20(14-30-22(28)25-18)21(29)27-11-9-26(10-12-27)19-4-2-1-3-17(19)24/h1-8,13-14H,9-12H2. The van der Waals surface area contributed by atoms with E-state index in [4.69, 9.17) is 0 Å². The molecule has 1 saturated heterocycles. The third-order valence-electron chi connectivity index (χ3n) is 5.33. The van der Waals surface area contributed by atoms with E-state index >= 15 is 0 Å². The van der Waals surface area contributed by atoms with Gasteiger partial charge in [0.15, 0.2) is 4.96 Å². The van der Waals surface area contributed by atoms with Crippen molar-refractivity contribution in [3.63, 3.8) is 0 Å². The maximum absolute atomic E-state index is 14.0. The molecule has 4 aromatic rings. The van der Waals surface area contributed by atoms with E-state index in [1.165, 1.54) is 29.5 Å². The SMILES string of the molecule is O=C(c1csc2nc(-c3ccc(F)cc3)cn12)N1CCN(c2ccccc2F)CC1. The first-order chi connectivity index (χ1) is 14.6. The van der Waals surface area contributed by atoms with E-state index in [0.717, 1.165) is 5.56 Å². The summed E-state index contributed by atoms with van der Waals surface area (Å²) < 4.78 is 29.0. The van der Waals surface area contributed by atoms with Gasteiger partial charge in [0, 0.05) is 43.3 Å². The van der Waals surface area contributed by atoms with Crippen molar-refractivity contribution in [1.29, 1.82) is 0 Å². The minimum Gasteiger partial charge on any atom is -0.366 e. The molecule has 0 unspecified atom stereocenters. The van der Waals surface area contributed by atoms with Gasteiger partial charge in [-0.25, -0.2) is 13.8 Å². The lowest BCUT2D eigenvalue weighted by Crippen LogP contribution is -2.49. The van der Waals surface area contributed by atoms with Crippen LogP contribution in [-0.4, -0.2) is 46.4 Å². The lowest BCUT2D eigenvalue weighted by atomic mass is 10.2. The number of fused-ring (bicyclic) bond motifs is 1. The molecule has 5 nitrogen and oxygen atoms in total. The number of nitrogens with zero attached hydrogens (tertiary/aromatic N) is 4. The average molecular weight is 424 g/mol. The molecule has 0 radical (unpaired) electrons. The van der Waals surface area contributed by atoms with Gasteiger partial charge in [0.1, 0.15) is 17.3 Å². The number of imidazole rings is 1. The van der Waals surface area contributed by atoms with Gasteiger partial charge in [0.2, 0.25) is 0 Å².